The summed E-state index contributed by atoms with van der Waals surface area (Å²) in [4.78, 5) is 0.435. The second-order valence-electron chi connectivity index (χ2n) is 3.85. The standard InChI is InChI=1S/C10H15N3OS/c1-13-6-8(10(11)15)9(12-13)7-2-4-14-5-3-7/h6-7H,2-5H2,1H3,(H2,11,15). The lowest BCUT2D eigenvalue weighted by Gasteiger charge is -2.21. The zero-order valence-electron chi connectivity index (χ0n) is 8.77. The number of rotatable bonds is 2. The normalized spacial score (nSPS) is 17.9. The first-order valence-electron chi connectivity index (χ1n) is 5.09. The highest BCUT2D eigenvalue weighted by Crippen LogP contribution is 2.27. The Morgan fingerprint density at radius 1 is 1.60 bits per heavy atom. The fourth-order valence-electron chi connectivity index (χ4n) is 1.97. The molecule has 0 spiro atoms. The van der Waals surface area contributed by atoms with Gasteiger partial charge >= 0.3 is 0 Å². The van der Waals surface area contributed by atoms with Crippen LogP contribution in [0, 0.1) is 0 Å². The molecule has 1 aromatic rings. The first kappa shape index (κ1) is 10.6. The Hall–Kier alpha value is -0.940. The van der Waals surface area contributed by atoms with Crippen LogP contribution < -0.4 is 5.73 Å². The molecule has 0 aromatic carbocycles. The Morgan fingerprint density at radius 2 is 2.27 bits per heavy atom. The van der Waals surface area contributed by atoms with E-state index in [1.807, 2.05) is 13.2 Å². The number of nitrogens with zero attached hydrogens (tertiary/aromatic N) is 2. The highest BCUT2D eigenvalue weighted by molar-refractivity contribution is 7.80. The van der Waals surface area contributed by atoms with Gasteiger partial charge in [0.05, 0.1) is 11.3 Å². The van der Waals surface area contributed by atoms with Crippen LogP contribution in [-0.2, 0) is 11.8 Å². The van der Waals surface area contributed by atoms with Crippen molar-refractivity contribution >= 4 is 17.2 Å². The third-order valence-electron chi connectivity index (χ3n) is 2.73. The Bertz CT molecular complexity index is 369. The van der Waals surface area contributed by atoms with E-state index in [1.54, 1.807) is 4.68 Å². The molecule has 1 saturated heterocycles. The molecule has 1 aliphatic heterocycles. The number of thiocarbonyl (C=S) groups is 1. The third-order valence-corrected chi connectivity index (χ3v) is 2.95. The SMILES string of the molecule is Cn1cc(C(N)=S)c(C2CCOCC2)n1. The van der Waals surface area contributed by atoms with Gasteiger partial charge in [-0.15, -0.1) is 0 Å². The first-order chi connectivity index (χ1) is 7.18. The van der Waals surface area contributed by atoms with E-state index in [4.69, 9.17) is 22.7 Å². The first-order valence-corrected chi connectivity index (χ1v) is 5.50. The summed E-state index contributed by atoms with van der Waals surface area (Å²) in [5.74, 6) is 0.441. The molecule has 0 atom stereocenters. The zero-order valence-corrected chi connectivity index (χ0v) is 9.59. The summed E-state index contributed by atoms with van der Waals surface area (Å²) in [5, 5.41) is 4.45. The van der Waals surface area contributed by atoms with Crippen LogP contribution in [0.15, 0.2) is 6.20 Å². The van der Waals surface area contributed by atoms with Crippen LogP contribution in [-0.4, -0.2) is 28.0 Å². The van der Waals surface area contributed by atoms with Crippen molar-refractivity contribution in [3.63, 3.8) is 0 Å². The van der Waals surface area contributed by atoms with E-state index in [0.29, 0.717) is 10.9 Å². The van der Waals surface area contributed by atoms with E-state index in [9.17, 15) is 0 Å². The van der Waals surface area contributed by atoms with Gasteiger partial charge in [-0.3, -0.25) is 4.68 Å². The number of hydrogen-bond acceptors (Lipinski definition) is 3. The predicted octanol–water partition coefficient (Wildman–Crippen LogP) is 0.948. The average Bonchev–Trinajstić information content (AvgIpc) is 2.62. The van der Waals surface area contributed by atoms with Crippen molar-refractivity contribution in [1.82, 2.24) is 9.78 Å². The van der Waals surface area contributed by atoms with Crippen molar-refractivity contribution in [3.05, 3.63) is 17.5 Å². The van der Waals surface area contributed by atoms with Gasteiger partial charge in [0.1, 0.15) is 4.99 Å². The van der Waals surface area contributed by atoms with Crippen LogP contribution in [0.1, 0.15) is 30.0 Å². The molecule has 2 N–H and O–H groups in total. The molecule has 82 valence electrons. The molecule has 0 amide bonds. The van der Waals surface area contributed by atoms with Gasteiger partial charge in [0.15, 0.2) is 0 Å². The monoisotopic (exact) mass is 225 g/mol. The number of aryl methyl sites for hydroxylation is 1. The van der Waals surface area contributed by atoms with Crippen molar-refractivity contribution in [1.29, 1.82) is 0 Å². The number of aromatic nitrogens is 2. The Morgan fingerprint density at radius 3 is 2.87 bits per heavy atom. The van der Waals surface area contributed by atoms with Gasteiger partial charge in [-0.1, -0.05) is 12.2 Å². The second-order valence-corrected chi connectivity index (χ2v) is 4.29. The van der Waals surface area contributed by atoms with Crippen LogP contribution in [0.5, 0.6) is 0 Å². The maximum atomic E-state index is 5.68. The molecular formula is C10H15N3OS. The summed E-state index contributed by atoms with van der Waals surface area (Å²) in [7, 11) is 1.89. The molecule has 15 heavy (non-hydrogen) atoms. The minimum Gasteiger partial charge on any atom is -0.389 e. The minimum atomic E-state index is 0.435. The molecular weight excluding hydrogens is 210 g/mol. The van der Waals surface area contributed by atoms with Crippen molar-refractivity contribution < 1.29 is 4.74 Å². The summed E-state index contributed by atoms with van der Waals surface area (Å²) in [6.07, 6.45) is 3.91. The molecule has 1 aliphatic rings. The van der Waals surface area contributed by atoms with Gasteiger partial charge in [-0.2, -0.15) is 5.10 Å². The fourth-order valence-corrected chi connectivity index (χ4v) is 2.13. The van der Waals surface area contributed by atoms with E-state index in [2.05, 4.69) is 5.10 Å². The topological polar surface area (TPSA) is 53.1 Å². The van der Waals surface area contributed by atoms with E-state index in [-0.39, 0.29) is 0 Å². The molecule has 2 heterocycles. The maximum absolute atomic E-state index is 5.68. The number of hydrogen-bond donors (Lipinski definition) is 1. The quantitative estimate of drug-likeness (QED) is 0.761. The van der Waals surface area contributed by atoms with Gasteiger partial charge in [0.25, 0.3) is 0 Å². The zero-order chi connectivity index (χ0) is 10.8. The smallest absolute Gasteiger partial charge is 0.107 e. The summed E-state index contributed by atoms with van der Waals surface area (Å²) in [6, 6.07) is 0. The molecule has 2 rings (SSSR count). The van der Waals surface area contributed by atoms with Crippen molar-refractivity contribution in [2.45, 2.75) is 18.8 Å². The summed E-state index contributed by atoms with van der Waals surface area (Å²) in [6.45, 7) is 1.61. The average molecular weight is 225 g/mol. The van der Waals surface area contributed by atoms with Gasteiger partial charge in [-0.25, -0.2) is 0 Å². The lowest BCUT2D eigenvalue weighted by atomic mass is 9.94. The van der Waals surface area contributed by atoms with Gasteiger partial charge in [0.2, 0.25) is 0 Å². The Balaban J connectivity index is 2.28. The molecule has 0 aliphatic carbocycles. The largest absolute Gasteiger partial charge is 0.389 e. The van der Waals surface area contributed by atoms with Crippen molar-refractivity contribution in [2.75, 3.05) is 13.2 Å². The van der Waals surface area contributed by atoms with Crippen molar-refractivity contribution in [3.8, 4) is 0 Å². The highest BCUT2D eigenvalue weighted by Gasteiger charge is 2.22. The lowest BCUT2D eigenvalue weighted by molar-refractivity contribution is 0.0843. The molecule has 1 fully saturated rings. The molecule has 0 bridgehead atoms. The van der Waals surface area contributed by atoms with E-state index in [1.165, 1.54) is 0 Å². The summed E-state index contributed by atoms with van der Waals surface area (Å²) >= 11 is 5.03. The summed E-state index contributed by atoms with van der Waals surface area (Å²) in [5.41, 5.74) is 7.63. The Labute approximate surface area is 94.4 Å². The number of ether oxygens (including phenoxy) is 1. The maximum Gasteiger partial charge on any atom is 0.107 e. The van der Waals surface area contributed by atoms with E-state index in [0.717, 1.165) is 37.3 Å². The van der Waals surface area contributed by atoms with Crippen LogP contribution in [0.4, 0.5) is 0 Å². The summed E-state index contributed by atoms with van der Waals surface area (Å²) < 4.78 is 7.11. The predicted molar refractivity (Wildman–Crippen MR) is 61.9 cm³/mol. The van der Waals surface area contributed by atoms with E-state index >= 15 is 0 Å². The van der Waals surface area contributed by atoms with E-state index < -0.39 is 0 Å². The number of nitrogens with two attached hydrogens (primary N) is 1. The van der Waals surface area contributed by atoms with Crippen LogP contribution in [0.25, 0.3) is 0 Å². The third kappa shape index (κ3) is 2.18. The molecule has 0 saturated carbocycles. The van der Waals surface area contributed by atoms with Gasteiger partial charge in [0, 0.05) is 32.4 Å². The fraction of sp³-hybridized carbons (Fsp3) is 0.600. The Kier molecular flexibility index (Phi) is 3.02. The highest BCUT2D eigenvalue weighted by atomic mass is 32.1. The molecule has 0 radical (unpaired) electrons. The van der Waals surface area contributed by atoms with Gasteiger partial charge in [-0.05, 0) is 12.8 Å². The molecule has 5 heteroatoms. The molecule has 4 nitrogen and oxygen atoms in total. The molecule has 1 aromatic heterocycles. The van der Waals surface area contributed by atoms with Crippen LogP contribution >= 0.6 is 12.2 Å². The van der Waals surface area contributed by atoms with Crippen molar-refractivity contribution in [2.24, 2.45) is 12.8 Å². The second kappa shape index (κ2) is 4.28. The minimum absolute atomic E-state index is 0.435. The van der Waals surface area contributed by atoms with Gasteiger partial charge < -0.3 is 10.5 Å². The molecule has 0 unspecified atom stereocenters. The van der Waals surface area contributed by atoms with Crippen LogP contribution in [0.2, 0.25) is 0 Å². The lowest BCUT2D eigenvalue weighted by Crippen LogP contribution is -2.18. The van der Waals surface area contributed by atoms with Crippen LogP contribution in [0.3, 0.4) is 0 Å².